The summed E-state index contributed by atoms with van der Waals surface area (Å²) < 4.78 is 0. The second kappa shape index (κ2) is 8.78. The molecule has 0 saturated carbocycles. The molecule has 2 rings (SSSR count). The molecule has 0 spiro atoms. The number of rotatable bonds is 7. The zero-order valence-electron chi connectivity index (χ0n) is 14.7. The number of benzene rings is 2. The van der Waals surface area contributed by atoms with Crippen LogP contribution in [0.1, 0.15) is 42.5 Å². The van der Waals surface area contributed by atoms with Crippen molar-refractivity contribution >= 4 is 23.2 Å². The van der Waals surface area contributed by atoms with Gasteiger partial charge in [0.15, 0.2) is 0 Å². The minimum Gasteiger partial charge on any atom is -0.354 e. The lowest BCUT2D eigenvalue weighted by molar-refractivity contribution is -0.384. The molecule has 6 nitrogen and oxygen atoms in total. The lowest BCUT2D eigenvalue weighted by Gasteiger charge is -2.15. The molecule has 2 aromatic rings. The summed E-state index contributed by atoms with van der Waals surface area (Å²) in [5.41, 5.74) is 8.74. The van der Waals surface area contributed by atoms with Crippen molar-refractivity contribution in [3.63, 3.8) is 0 Å². The molecule has 2 aromatic carbocycles. The van der Waals surface area contributed by atoms with Gasteiger partial charge in [0, 0.05) is 24.7 Å². The topological polar surface area (TPSA) is 98.3 Å². The molecule has 1 atom stereocenters. The maximum absolute atomic E-state index is 12.1. The van der Waals surface area contributed by atoms with Crippen LogP contribution in [0.5, 0.6) is 0 Å². The van der Waals surface area contributed by atoms with Gasteiger partial charge >= 0.3 is 0 Å². The van der Waals surface area contributed by atoms with Crippen LogP contribution in [0.25, 0.3) is 0 Å². The Morgan fingerprint density at radius 1 is 1.19 bits per heavy atom. The Balaban J connectivity index is 1.91. The van der Waals surface area contributed by atoms with Crippen molar-refractivity contribution in [3.8, 4) is 0 Å². The fourth-order valence-electron chi connectivity index (χ4n) is 2.50. The third-order valence-electron chi connectivity index (χ3n) is 4.15. The molecule has 0 heterocycles. The highest BCUT2D eigenvalue weighted by atomic mass is 35.5. The van der Waals surface area contributed by atoms with Crippen LogP contribution in [0.3, 0.4) is 0 Å². The number of halogens is 1. The lowest BCUT2D eigenvalue weighted by atomic mass is 9.99. The fraction of sp³-hybridized carbons (Fsp3) is 0.316. The van der Waals surface area contributed by atoms with Crippen LogP contribution in [0.15, 0.2) is 42.5 Å². The van der Waals surface area contributed by atoms with Crippen molar-refractivity contribution in [2.45, 2.75) is 32.2 Å². The smallest absolute Gasteiger partial charge is 0.270 e. The number of carbonyl (C=O) groups excluding carboxylic acids is 1. The van der Waals surface area contributed by atoms with Gasteiger partial charge < -0.3 is 11.1 Å². The molecule has 3 N–H and O–H groups in total. The Hall–Kier alpha value is -2.44. The number of carbonyl (C=O) groups is 1. The second-order valence-electron chi connectivity index (χ2n) is 6.44. The van der Waals surface area contributed by atoms with Gasteiger partial charge in [-0.3, -0.25) is 14.9 Å². The summed E-state index contributed by atoms with van der Waals surface area (Å²) in [6.45, 7) is 4.54. The highest BCUT2D eigenvalue weighted by Gasteiger charge is 2.13. The number of nitro benzene ring substituents is 1. The van der Waals surface area contributed by atoms with Gasteiger partial charge in [-0.15, -0.1) is 0 Å². The molecule has 0 aromatic heterocycles. The Bertz CT molecular complexity index is 791. The third kappa shape index (κ3) is 5.28. The predicted molar refractivity (Wildman–Crippen MR) is 102 cm³/mol. The zero-order chi connectivity index (χ0) is 19.3. The van der Waals surface area contributed by atoms with Gasteiger partial charge in [-0.25, -0.2) is 0 Å². The molecule has 0 bridgehead atoms. The standard InChI is InChI=1S/C19H22ClN3O3/c1-12(2)13-3-5-14(6-4-13)18(21)11-22-19(24)9-15-7-8-16(23(25)26)10-17(15)20/h3-8,10,12,18H,9,11,21H2,1-2H3,(H,22,24). The monoisotopic (exact) mass is 375 g/mol. The van der Waals surface area contributed by atoms with Crippen LogP contribution in [-0.4, -0.2) is 17.4 Å². The number of hydrogen-bond donors (Lipinski definition) is 2. The van der Waals surface area contributed by atoms with E-state index in [0.717, 1.165) is 5.56 Å². The normalized spacial score (nSPS) is 12.0. The van der Waals surface area contributed by atoms with E-state index in [9.17, 15) is 14.9 Å². The third-order valence-corrected chi connectivity index (χ3v) is 4.50. The average Bonchev–Trinajstić information content (AvgIpc) is 2.61. The molecule has 0 saturated heterocycles. The van der Waals surface area contributed by atoms with Gasteiger partial charge in [-0.05, 0) is 22.6 Å². The molecule has 1 unspecified atom stereocenters. The van der Waals surface area contributed by atoms with Gasteiger partial charge in [0.05, 0.1) is 16.4 Å². The Kier molecular flexibility index (Phi) is 6.71. The molecule has 26 heavy (non-hydrogen) atoms. The number of hydrogen-bond acceptors (Lipinski definition) is 4. The van der Waals surface area contributed by atoms with Gasteiger partial charge in [-0.1, -0.05) is 55.8 Å². The van der Waals surface area contributed by atoms with Gasteiger partial charge in [0.1, 0.15) is 0 Å². The van der Waals surface area contributed by atoms with Gasteiger partial charge in [-0.2, -0.15) is 0 Å². The van der Waals surface area contributed by atoms with Crippen LogP contribution in [0.4, 0.5) is 5.69 Å². The molecule has 0 aliphatic carbocycles. The van der Waals surface area contributed by atoms with Crippen LogP contribution in [0.2, 0.25) is 5.02 Å². The largest absolute Gasteiger partial charge is 0.354 e. The predicted octanol–water partition coefficient (Wildman–Crippen LogP) is 3.73. The molecular formula is C19H22ClN3O3. The van der Waals surface area contributed by atoms with Crippen molar-refractivity contribution in [2.24, 2.45) is 5.73 Å². The van der Waals surface area contributed by atoms with E-state index in [4.69, 9.17) is 17.3 Å². The molecule has 7 heteroatoms. The van der Waals surface area contributed by atoms with Crippen molar-refractivity contribution in [1.82, 2.24) is 5.32 Å². The molecule has 0 aliphatic heterocycles. The maximum Gasteiger partial charge on any atom is 0.270 e. The number of nitrogens with two attached hydrogens (primary N) is 1. The number of nitro groups is 1. The maximum atomic E-state index is 12.1. The highest BCUT2D eigenvalue weighted by Crippen LogP contribution is 2.23. The molecule has 138 valence electrons. The SMILES string of the molecule is CC(C)c1ccc(C(N)CNC(=O)Cc2ccc([N+](=O)[O-])cc2Cl)cc1. The Morgan fingerprint density at radius 3 is 2.35 bits per heavy atom. The van der Waals surface area contributed by atoms with E-state index in [1.807, 2.05) is 24.3 Å². The summed E-state index contributed by atoms with van der Waals surface area (Å²) in [5.74, 6) is 0.210. The minimum absolute atomic E-state index is 0.0375. The van der Waals surface area contributed by atoms with Crippen LogP contribution < -0.4 is 11.1 Å². The van der Waals surface area contributed by atoms with Crippen molar-refractivity contribution in [3.05, 3.63) is 74.3 Å². The summed E-state index contributed by atoms with van der Waals surface area (Å²) in [4.78, 5) is 22.3. The van der Waals surface area contributed by atoms with Crippen LogP contribution >= 0.6 is 11.6 Å². The number of non-ortho nitro benzene ring substituents is 1. The Labute approximate surface area is 157 Å². The van der Waals surface area contributed by atoms with E-state index in [1.165, 1.54) is 23.8 Å². The fourth-order valence-corrected chi connectivity index (χ4v) is 2.74. The van der Waals surface area contributed by atoms with E-state index < -0.39 is 4.92 Å². The Morgan fingerprint density at radius 2 is 1.81 bits per heavy atom. The van der Waals surface area contributed by atoms with Crippen LogP contribution in [0, 0.1) is 10.1 Å². The first-order valence-corrected chi connectivity index (χ1v) is 8.70. The van der Waals surface area contributed by atoms with Gasteiger partial charge in [0.2, 0.25) is 5.91 Å². The summed E-state index contributed by atoms with van der Waals surface area (Å²) in [7, 11) is 0. The summed E-state index contributed by atoms with van der Waals surface area (Å²) in [6, 6.07) is 11.8. The van der Waals surface area contributed by atoms with E-state index in [0.29, 0.717) is 18.0 Å². The number of amides is 1. The highest BCUT2D eigenvalue weighted by molar-refractivity contribution is 6.31. The van der Waals surface area contributed by atoms with E-state index >= 15 is 0 Å². The lowest BCUT2D eigenvalue weighted by Crippen LogP contribution is -2.32. The second-order valence-corrected chi connectivity index (χ2v) is 6.85. The first-order chi connectivity index (χ1) is 12.3. The quantitative estimate of drug-likeness (QED) is 0.569. The van der Waals surface area contributed by atoms with E-state index in [1.54, 1.807) is 0 Å². The van der Waals surface area contributed by atoms with E-state index in [-0.39, 0.29) is 29.1 Å². The average molecular weight is 376 g/mol. The molecule has 0 fully saturated rings. The number of nitrogens with zero attached hydrogens (tertiary/aromatic N) is 1. The summed E-state index contributed by atoms with van der Waals surface area (Å²) in [5, 5.41) is 13.7. The molecule has 0 aliphatic rings. The number of nitrogens with one attached hydrogen (secondary N) is 1. The molecular weight excluding hydrogens is 354 g/mol. The van der Waals surface area contributed by atoms with Crippen molar-refractivity contribution in [2.75, 3.05) is 6.54 Å². The zero-order valence-corrected chi connectivity index (χ0v) is 15.5. The van der Waals surface area contributed by atoms with Crippen molar-refractivity contribution < 1.29 is 9.72 Å². The van der Waals surface area contributed by atoms with E-state index in [2.05, 4.69) is 19.2 Å². The molecule has 1 amide bonds. The summed E-state index contributed by atoms with van der Waals surface area (Å²) >= 11 is 6.01. The van der Waals surface area contributed by atoms with Crippen molar-refractivity contribution in [1.29, 1.82) is 0 Å². The summed E-state index contributed by atoms with van der Waals surface area (Å²) in [6.07, 6.45) is 0.0375. The van der Waals surface area contributed by atoms with Crippen LogP contribution in [-0.2, 0) is 11.2 Å². The first kappa shape index (κ1) is 19.9. The van der Waals surface area contributed by atoms with Gasteiger partial charge in [0.25, 0.3) is 5.69 Å². The minimum atomic E-state index is -0.528. The molecule has 0 radical (unpaired) electrons. The first-order valence-electron chi connectivity index (χ1n) is 8.33.